The molecule has 0 aliphatic rings. The summed E-state index contributed by atoms with van der Waals surface area (Å²) in [6.45, 7) is 0. The number of nitrogens with one attached hydrogen (secondary N) is 1. The summed E-state index contributed by atoms with van der Waals surface area (Å²) in [5.74, 6) is -2.57. The van der Waals surface area contributed by atoms with E-state index in [0.29, 0.717) is 16.6 Å². The number of aromatic hydroxyl groups is 1. The van der Waals surface area contributed by atoms with Crippen molar-refractivity contribution in [1.29, 1.82) is 0 Å². The average Bonchev–Trinajstić information content (AvgIpc) is 2.64. The second-order valence-corrected chi connectivity index (χ2v) is 3.44. The summed E-state index contributed by atoms with van der Waals surface area (Å²) in [5, 5.41) is 18.8. The highest BCUT2D eigenvalue weighted by Gasteiger charge is 2.09. The zero-order valence-corrected chi connectivity index (χ0v) is 8.68. The van der Waals surface area contributed by atoms with Gasteiger partial charge in [-0.2, -0.15) is 0 Å². The summed E-state index contributed by atoms with van der Waals surface area (Å²) in [6, 6.07) is 7.06. The molecule has 17 heavy (non-hydrogen) atoms. The van der Waals surface area contributed by atoms with Gasteiger partial charge in [0.25, 0.3) is 5.78 Å². The molecule has 2 aromatic rings. The molecule has 1 aromatic heterocycles. The number of rotatable bonds is 3. The summed E-state index contributed by atoms with van der Waals surface area (Å²) in [7, 11) is 0. The van der Waals surface area contributed by atoms with E-state index in [1.807, 2.05) is 0 Å². The molecule has 0 spiro atoms. The van der Waals surface area contributed by atoms with E-state index in [0.717, 1.165) is 6.08 Å². The van der Waals surface area contributed by atoms with Crippen LogP contribution in [-0.4, -0.2) is 26.9 Å². The summed E-state index contributed by atoms with van der Waals surface area (Å²) in [6.07, 6.45) is 2.14. The maximum absolute atomic E-state index is 10.9. The van der Waals surface area contributed by atoms with Gasteiger partial charge >= 0.3 is 5.97 Å². The number of hydrogen-bond acceptors (Lipinski definition) is 3. The van der Waals surface area contributed by atoms with Crippen molar-refractivity contribution in [3.05, 3.63) is 36.0 Å². The first kappa shape index (κ1) is 10.9. The minimum Gasteiger partial charge on any atom is -0.505 e. The third kappa shape index (κ3) is 2.03. The van der Waals surface area contributed by atoms with Gasteiger partial charge in [-0.15, -0.1) is 0 Å². The quantitative estimate of drug-likeness (QED) is 0.552. The van der Waals surface area contributed by atoms with E-state index in [-0.39, 0.29) is 5.75 Å². The van der Waals surface area contributed by atoms with Gasteiger partial charge in [-0.25, -0.2) is 4.79 Å². The number of aliphatic carboxylic acids is 1. The molecule has 2 rings (SSSR count). The molecular weight excluding hydrogens is 222 g/mol. The summed E-state index contributed by atoms with van der Waals surface area (Å²) < 4.78 is 0. The molecule has 0 amide bonds. The third-order valence-corrected chi connectivity index (χ3v) is 2.32. The predicted octanol–water partition coefficient (Wildman–Crippen LogP) is 1.54. The first-order valence-electron chi connectivity index (χ1n) is 4.84. The van der Waals surface area contributed by atoms with Crippen LogP contribution in [0.4, 0.5) is 0 Å². The number of H-pyrrole nitrogens is 1. The molecule has 1 aromatic carbocycles. The minimum absolute atomic E-state index is 0.00459. The van der Waals surface area contributed by atoms with E-state index in [9.17, 15) is 14.7 Å². The Kier molecular flexibility index (Phi) is 2.66. The number of ketones is 1. The van der Waals surface area contributed by atoms with Gasteiger partial charge in [-0.3, -0.25) is 4.79 Å². The Bertz CT molecular complexity index is 624. The van der Waals surface area contributed by atoms with E-state index < -0.39 is 11.8 Å². The van der Waals surface area contributed by atoms with E-state index in [1.54, 1.807) is 24.3 Å². The minimum atomic E-state index is -1.53. The molecule has 0 atom stereocenters. The van der Waals surface area contributed by atoms with Crippen LogP contribution in [0, 0.1) is 0 Å². The Hall–Kier alpha value is -2.56. The van der Waals surface area contributed by atoms with Crippen molar-refractivity contribution >= 4 is 28.7 Å². The Morgan fingerprint density at radius 1 is 1.24 bits per heavy atom. The number of para-hydroxylation sites is 1. The van der Waals surface area contributed by atoms with Gasteiger partial charge in [0.1, 0.15) is 5.75 Å². The van der Waals surface area contributed by atoms with Crippen LogP contribution in [0.5, 0.6) is 5.75 Å². The molecule has 5 nitrogen and oxygen atoms in total. The van der Waals surface area contributed by atoms with Crippen molar-refractivity contribution in [2.45, 2.75) is 0 Å². The van der Waals surface area contributed by atoms with Crippen LogP contribution in [0.2, 0.25) is 0 Å². The lowest BCUT2D eigenvalue weighted by molar-refractivity contribution is -0.146. The average molecular weight is 231 g/mol. The van der Waals surface area contributed by atoms with E-state index in [1.165, 1.54) is 6.08 Å². The largest absolute Gasteiger partial charge is 0.505 e. The molecule has 0 saturated carbocycles. The smallest absolute Gasteiger partial charge is 0.376 e. The third-order valence-electron chi connectivity index (χ3n) is 2.32. The number of carboxylic acid groups (broad SMARTS) is 1. The number of carboxylic acids is 1. The Labute approximate surface area is 96.0 Å². The number of carbonyl (C=O) groups excluding carboxylic acids is 1. The fraction of sp³-hybridized carbons (Fsp3) is 0. The predicted molar refractivity (Wildman–Crippen MR) is 61.6 cm³/mol. The number of carbonyl (C=O) groups is 2. The number of hydrogen-bond donors (Lipinski definition) is 3. The normalized spacial score (nSPS) is 11.1. The lowest BCUT2D eigenvalue weighted by Gasteiger charge is -1.89. The molecule has 0 fully saturated rings. The van der Waals surface area contributed by atoms with Gasteiger partial charge in [0, 0.05) is 10.9 Å². The van der Waals surface area contributed by atoms with E-state index in [2.05, 4.69) is 4.98 Å². The zero-order valence-electron chi connectivity index (χ0n) is 8.68. The maximum Gasteiger partial charge on any atom is 0.376 e. The van der Waals surface area contributed by atoms with Gasteiger partial charge in [0.2, 0.25) is 0 Å². The second kappa shape index (κ2) is 4.13. The molecule has 0 radical (unpaired) electrons. The Morgan fingerprint density at radius 2 is 1.94 bits per heavy atom. The summed E-state index contributed by atoms with van der Waals surface area (Å²) in [4.78, 5) is 24.0. The van der Waals surface area contributed by atoms with Gasteiger partial charge in [0.15, 0.2) is 0 Å². The molecule has 3 N–H and O–H groups in total. The standard InChI is InChI=1S/C12H9NO4/c14-10(12(16)17)6-5-9-11(15)7-3-1-2-4-8(7)13-9/h1-6,13,15H,(H,16,17). The van der Waals surface area contributed by atoms with Crippen molar-refractivity contribution in [2.24, 2.45) is 0 Å². The Balaban J connectivity index is 2.40. The fourth-order valence-electron chi connectivity index (χ4n) is 1.50. The van der Waals surface area contributed by atoms with E-state index in [4.69, 9.17) is 5.11 Å². The lowest BCUT2D eigenvalue weighted by Crippen LogP contribution is -2.08. The van der Waals surface area contributed by atoms with Crippen molar-refractivity contribution in [3.63, 3.8) is 0 Å². The van der Waals surface area contributed by atoms with Gasteiger partial charge in [-0.05, 0) is 24.3 Å². The SMILES string of the molecule is O=C(O)C(=O)C=Cc1[nH]c2ccccc2c1O. The van der Waals surface area contributed by atoms with Crippen LogP contribution in [0.3, 0.4) is 0 Å². The lowest BCUT2D eigenvalue weighted by atomic mass is 10.2. The molecule has 0 aliphatic heterocycles. The highest BCUT2D eigenvalue weighted by molar-refractivity contribution is 6.38. The fourth-order valence-corrected chi connectivity index (χ4v) is 1.50. The van der Waals surface area contributed by atoms with Crippen molar-refractivity contribution in [2.75, 3.05) is 0 Å². The van der Waals surface area contributed by atoms with Crippen LogP contribution < -0.4 is 0 Å². The van der Waals surface area contributed by atoms with Crippen LogP contribution in [0.25, 0.3) is 17.0 Å². The summed E-state index contributed by atoms with van der Waals surface area (Å²) >= 11 is 0. The number of fused-ring (bicyclic) bond motifs is 1. The molecular formula is C12H9NO4. The second-order valence-electron chi connectivity index (χ2n) is 3.44. The number of benzene rings is 1. The highest BCUT2D eigenvalue weighted by atomic mass is 16.4. The molecule has 86 valence electrons. The monoisotopic (exact) mass is 231 g/mol. The van der Waals surface area contributed by atoms with Crippen LogP contribution in [-0.2, 0) is 9.59 Å². The maximum atomic E-state index is 10.9. The number of aromatic amines is 1. The molecule has 1 heterocycles. The summed E-state index contributed by atoms with van der Waals surface area (Å²) in [5.41, 5.74) is 1.02. The first-order chi connectivity index (χ1) is 8.09. The molecule has 5 heteroatoms. The van der Waals surface area contributed by atoms with Crippen LogP contribution in [0.15, 0.2) is 30.3 Å². The molecule has 0 saturated heterocycles. The van der Waals surface area contributed by atoms with Gasteiger partial charge in [0.05, 0.1) is 5.69 Å². The van der Waals surface area contributed by atoms with Crippen LogP contribution in [0.1, 0.15) is 5.69 Å². The van der Waals surface area contributed by atoms with Crippen LogP contribution >= 0.6 is 0 Å². The van der Waals surface area contributed by atoms with Crippen molar-refractivity contribution < 1.29 is 19.8 Å². The van der Waals surface area contributed by atoms with Crippen molar-refractivity contribution in [3.8, 4) is 5.75 Å². The zero-order chi connectivity index (χ0) is 12.4. The Morgan fingerprint density at radius 3 is 2.59 bits per heavy atom. The number of aromatic nitrogens is 1. The molecule has 0 unspecified atom stereocenters. The highest BCUT2D eigenvalue weighted by Crippen LogP contribution is 2.29. The topological polar surface area (TPSA) is 90.4 Å². The first-order valence-corrected chi connectivity index (χ1v) is 4.84. The molecule has 0 aliphatic carbocycles. The van der Waals surface area contributed by atoms with E-state index >= 15 is 0 Å². The van der Waals surface area contributed by atoms with Gasteiger partial charge < -0.3 is 15.2 Å². The van der Waals surface area contributed by atoms with Crippen molar-refractivity contribution in [1.82, 2.24) is 4.98 Å². The van der Waals surface area contributed by atoms with Gasteiger partial charge in [-0.1, -0.05) is 12.1 Å². The molecule has 0 bridgehead atoms.